The van der Waals surface area contributed by atoms with Gasteiger partial charge in [-0.1, -0.05) is 73.5 Å². The average Bonchev–Trinajstić information content (AvgIpc) is 2.73. The quantitative estimate of drug-likeness (QED) is 0.513. The van der Waals surface area contributed by atoms with Gasteiger partial charge < -0.3 is 10.2 Å². The number of halogens is 1. The first-order chi connectivity index (χ1) is 14.0. The summed E-state index contributed by atoms with van der Waals surface area (Å²) in [6, 6.07) is 16.9. The average molecular weight is 433 g/mol. The summed E-state index contributed by atoms with van der Waals surface area (Å²) >= 11 is 7.71. The molecule has 6 heteroatoms. The summed E-state index contributed by atoms with van der Waals surface area (Å²) < 4.78 is 0. The van der Waals surface area contributed by atoms with E-state index in [2.05, 4.69) is 12.2 Å². The second-order valence-corrected chi connectivity index (χ2v) is 8.30. The number of amides is 2. The van der Waals surface area contributed by atoms with Crippen molar-refractivity contribution < 1.29 is 9.59 Å². The molecule has 0 fully saturated rings. The van der Waals surface area contributed by atoms with Gasteiger partial charge in [-0.3, -0.25) is 9.59 Å². The van der Waals surface area contributed by atoms with E-state index in [0.29, 0.717) is 29.6 Å². The Balaban J connectivity index is 2.01. The van der Waals surface area contributed by atoms with Crippen molar-refractivity contribution in [3.63, 3.8) is 0 Å². The standard InChI is InChI=1S/C23H29ClN2O2S/c1-3-4-14-25-23(28)18(2)26(15-19-10-6-5-7-11-19)22(27)17-29-16-20-12-8-9-13-21(20)24/h5-13,18H,3-4,14-17H2,1-2H3,(H,25,28)/t18-/m1/s1. The van der Waals surface area contributed by atoms with Gasteiger partial charge in [-0.2, -0.15) is 0 Å². The van der Waals surface area contributed by atoms with Gasteiger partial charge in [0, 0.05) is 23.9 Å². The zero-order chi connectivity index (χ0) is 21.1. The molecule has 0 radical (unpaired) electrons. The Morgan fingerprint density at radius 1 is 1.10 bits per heavy atom. The zero-order valence-electron chi connectivity index (χ0n) is 17.1. The van der Waals surface area contributed by atoms with Gasteiger partial charge in [0.2, 0.25) is 11.8 Å². The van der Waals surface area contributed by atoms with Crippen LogP contribution in [0.15, 0.2) is 54.6 Å². The van der Waals surface area contributed by atoms with Crippen LogP contribution < -0.4 is 5.32 Å². The van der Waals surface area contributed by atoms with Crippen LogP contribution in [0.4, 0.5) is 0 Å². The first-order valence-corrected chi connectivity index (χ1v) is 11.5. The number of unbranched alkanes of at least 4 members (excludes halogenated alkanes) is 1. The molecule has 0 heterocycles. The summed E-state index contributed by atoms with van der Waals surface area (Å²) in [7, 11) is 0. The van der Waals surface area contributed by atoms with Gasteiger partial charge in [0.15, 0.2) is 0 Å². The molecule has 29 heavy (non-hydrogen) atoms. The summed E-state index contributed by atoms with van der Waals surface area (Å²) in [6.07, 6.45) is 1.94. The van der Waals surface area contributed by atoms with Crippen molar-refractivity contribution in [3.05, 3.63) is 70.7 Å². The monoisotopic (exact) mass is 432 g/mol. The highest BCUT2D eigenvalue weighted by Gasteiger charge is 2.25. The molecular weight excluding hydrogens is 404 g/mol. The van der Waals surface area contributed by atoms with E-state index in [1.807, 2.05) is 54.6 Å². The molecule has 1 atom stereocenters. The first kappa shape index (κ1) is 23.3. The number of hydrogen-bond donors (Lipinski definition) is 1. The van der Waals surface area contributed by atoms with E-state index in [4.69, 9.17) is 11.6 Å². The number of thioether (sulfide) groups is 1. The SMILES string of the molecule is CCCCNC(=O)[C@@H](C)N(Cc1ccccc1)C(=O)CSCc1ccccc1Cl. The molecule has 0 saturated heterocycles. The minimum absolute atomic E-state index is 0.0518. The third kappa shape index (κ3) is 7.75. The molecule has 0 aliphatic heterocycles. The molecule has 0 aliphatic rings. The van der Waals surface area contributed by atoms with Crippen LogP contribution in [0.25, 0.3) is 0 Å². The normalized spacial score (nSPS) is 11.7. The van der Waals surface area contributed by atoms with Crippen molar-refractivity contribution in [2.75, 3.05) is 12.3 Å². The van der Waals surface area contributed by atoms with E-state index < -0.39 is 6.04 Å². The third-order valence-electron chi connectivity index (χ3n) is 4.63. The van der Waals surface area contributed by atoms with Crippen LogP contribution in [0.2, 0.25) is 5.02 Å². The minimum Gasteiger partial charge on any atom is -0.354 e. The van der Waals surface area contributed by atoms with Crippen molar-refractivity contribution in [1.29, 1.82) is 0 Å². The molecule has 0 saturated carbocycles. The number of carbonyl (C=O) groups excluding carboxylic acids is 2. The Morgan fingerprint density at radius 2 is 1.79 bits per heavy atom. The van der Waals surface area contributed by atoms with Gasteiger partial charge in [0.05, 0.1) is 5.75 Å². The topological polar surface area (TPSA) is 49.4 Å². The third-order valence-corrected chi connectivity index (χ3v) is 5.97. The van der Waals surface area contributed by atoms with Crippen LogP contribution in [0.1, 0.15) is 37.8 Å². The minimum atomic E-state index is -0.527. The van der Waals surface area contributed by atoms with Gasteiger partial charge in [0.25, 0.3) is 0 Å². The fourth-order valence-corrected chi connectivity index (χ4v) is 4.04. The van der Waals surface area contributed by atoms with E-state index in [1.165, 1.54) is 11.8 Å². The van der Waals surface area contributed by atoms with Gasteiger partial charge >= 0.3 is 0 Å². The fourth-order valence-electron chi connectivity index (χ4n) is 2.85. The molecule has 2 aromatic rings. The highest BCUT2D eigenvalue weighted by Crippen LogP contribution is 2.21. The van der Waals surface area contributed by atoms with Gasteiger partial charge in [0.1, 0.15) is 6.04 Å². The molecule has 4 nitrogen and oxygen atoms in total. The van der Waals surface area contributed by atoms with Crippen LogP contribution in [0.3, 0.4) is 0 Å². The molecule has 2 aromatic carbocycles. The summed E-state index contributed by atoms with van der Waals surface area (Å²) in [5.74, 6) is 0.787. The molecular formula is C23H29ClN2O2S. The molecule has 0 bridgehead atoms. The zero-order valence-corrected chi connectivity index (χ0v) is 18.6. The van der Waals surface area contributed by atoms with E-state index in [0.717, 1.165) is 24.0 Å². The van der Waals surface area contributed by atoms with Gasteiger partial charge in [-0.25, -0.2) is 0 Å². The van der Waals surface area contributed by atoms with Gasteiger partial charge in [-0.05, 0) is 30.5 Å². The molecule has 0 aliphatic carbocycles. The highest BCUT2D eigenvalue weighted by molar-refractivity contribution is 7.99. The highest BCUT2D eigenvalue weighted by atomic mass is 35.5. The Kier molecular flexibility index (Phi) is 10.1. The largest absolute Gasteiger partial charge is 0.354 e. The lowest BCUT2D eigenvalue weighted by Crippen LogP contribution is -2.48. The maximum Gasteiger partial charge on any atom is 0.242 e. The Morgan fingerprint density at radius 3 is 2.48 bits per heavy atom. The Labute approximate surface area is 183 Å². The number of nitrogens with one attached hydrogen (secondary N) is 1. The number of nitrogens with zero attached hydrogens (tertiary/aromatic N) is 1. The summed E-state index contributed by atoms with van der Waals surface area (Å²) in [5.41, 5.74) is 2.01. The van der Waals surface area contributed by atoms with Crippen LogP contribution in [-0.4, -0.2) is 35.1 Å². The Bertz CT molecular complexity index is 785. The summed E-state index contributed by atoms with van der Waals surface area (Å²) in [6.45, 7) is 4.92. The molecule has 0 aromatic heterocycles. The maximum atomic E-state index is 13.0. The van der Waals surface area contributed by atoms with Crippen molar-refractivity contribution >= 4 is 35.2 Å². The van der Waals surface area contributed by atoms with Crippen molar-refractivity contribution in [3.8, 4) is 0 Å². The second kappa shape index (κ2) is 12.6. The van der Waals surface area contributed by atoms with Crippen molar-refractivity contribution in [2.45, 2.75) is 45.0 Å². The maximum absolute atomic E-state index is 13.0. The van der Waals surface area contributed by atoms with Crippen LogP contribution in [-0.2, 0) is 21.9 Å². The van der Waals surface area contributed by atoms with Crippen molar-refractivity contribution in [1.82, 2.24) is 10.2 Å². The summed E-state index contributed by atoms with van der Waals surface area (Å²) in [4.78, 5) is 27.2. The number of rotatable bonds is 11. The fraction of sp³-hybridized carbons (Fsp3) is 0.391. The Hall–Kier alpha value is -1.98. The molecule has 2 amide bonds. The van der Waals surface area contributed by atoms with E-state index in [-0.39, 0.29) is 11.8 Å². The van der Waals surface area contributed by atoms with Crippen LogP contribution in [0.5, 0.6) is 0 Å². The predicted octanol–water partition coefficient (Wildman–Crippen LogP) is 4.91. The van der Waals surface area contributed by atoms with E-state index >= 15 is 0 Å². The first-order valence-electron chi connectivity index (χ1n) is 9.95. The molecule has 0 unspecified atom stereocenters. The molecule has 156 valence electrons. The number of carbonyl (C=O) groups is 2. The lowest BCUT2D eigenvalue weighted by Gasteiger charge is -2.28. The molecule has 1 N–H and O–H groups in total. The van der Waals surface area contributed by atoms with E-state index in [1.54, 1.807) is 11.8 Å². The molecule has 0 spiro atoms. The van der Waals surface area contributed by atoms with Crippen LogP contribution in [0, 0.1) is 0 Å². The molecule has 2 rings (SSSR count). The second-order valence-electron chi connectivity index (χ2n) is 6.91. The predicted molar refractivity (Wildman–Crippen MR) is 122 cm³/mol. The number of hydrogen-bond acceptors (Lipinski definition) is 3. The van der Waals surface area contributed by atoms with Crippen LogP contribution >= 0.6 is 23.4 Å². The number of benzene rings is 2. The summed E-state index contributed by atoms with van der Waals surface area (Å²) in [5, 5.41) is 3.64. The van der Waals surface area contributed by atoms with Crippen molar-refractivity contribution in [2.24, 2.45) is 0 Å². The van der Waals surface area contributed by atoms with E-state index in [9.17, 15) is 9.59 Å². The lowest BCUT2D eigenvalue weighted by molar-refractivity contribution is -0.138. The van der Waals surface area contributed by atoms with Gasteiger partial charge in [-0.15, -0.1) is 11.8 Å². The smallest absolute Gasteiger partial charge is 0.242 e. The lowest BCUT2D eigenvalue weighted by atomic mass is 10.1.